The second-order valence-corrected chi connectivity index (χ2v) is 9.07. The van der Waals surface area contributed by atoms with Crippen molar-refractivity contribution in [1.29, 1.82) is 0 Å². The molecule has 0 atom stereocenters. The third kappa shape index (κ3) is 5.35. The summed E-state index contributed by atoms with van der Waals surface area (Å²) in [5.74, 6) is 0.484. The van der Waals surface area contributed by atoms with Crippen LogP contribution in [-0.4, -0.2) is 21.4 Å². The van der Waals surface area contributed by atoms with Crippen LogP contribution in [0.3, 0.4) is 0 Å². The van der Waals surface area contributed by atoms with Gasteiger partial charge in [0.1, 0.15) is 5.75 Å². The number of hydrogen-bond donors (Lipinski definition) is 0. The third-order valence-electron chi connectivity index (χ3n) is 1.90. The zero-order valence-electron chi connectivity index (χ0n) is 10.7. The van der Waals surface area contributed by atoms with E-state index in [1.54, 1.807) is 6.08 Å². The summed E-state index contributed by atoms with van der Waals surface area (Å²) in [4.78, 5) is 11.0. The summed E-state index contributed by atoms with van der Waals surface area (Å²) < 4.78 is 10.4. The highest BCUT2D eigenvalue weighted by molar-refractivity contribution is 6.70. The van der Waals surface area contributed by atoms with E-state index < -0.39 is 8.32 Å². The molecule has 0 heterocycles. The third-order valence-corrected chi connectivity index (χ3v) is 2.74. The normalized spacial score (nSPS) is 11.5. The van der Waals surface area contributed by atoms with Gasteiger partial charge in [0.15, 0.2) is 0 Å². The van der Waals surface area contributed by atoms with Crippen LogP contribution in [0.5, 0.6) is 5.75 Å². The van der Waals surface area contributed by atoms with Crippen molar-refractivity contribution in [3.8, 4) is 5.75 Å². The highest BCUT2D eigenvalue weighted by atomic mass is 28.4. The van der Waals surface area contributed by atoms with E-state index in [4.69, 9.17) is 4.43 Å². The minimum Gasteiger partial charge on any atom is -0.544 e. The molecule has 0 N–H and O–H groups in total. The van der Waals surface area contributed by atoms with Gasteiger partial charge in [0.05, 0.1) is 7.11 Å². The monoisotopic (exact) mass is 250 g/mol. The lowest BCUT2D eigenvalue weighted by Gasteiger charge is -2.19. The van der Waals surface area contributed by atoms with Crippen LogP contribution >= 0.6 is 0 Å². The van der Waals surface area contributed by atoms with Gasteiger partial charge in [-0.2, -0.15) is 0 Å². The minimum absolute atomic E-state index is 0.360. The molecule has 17 heavy (non-hydrogen) atoms. The van der Waals surface area contributed by atoms with E-state index in [1.165, 1.54) is 13.2 Å². The lowest BCUT2D eigenvalue weighted by Crippen LogP contribution is -2.29. The van der Waals surface area contributed by atoms with Crippen LogP contribution < -0.4 is 4.43 Å². The van der Waals surface area contributed by atoms with Crippen molar-refractivity contribution in [2.24, 2.45) is 0 Å². The van der Waals surface area contributed by atoms with E-state index in [-0.39, 0.29) is 5.97 Å². The summed E-state index contributed by atoms with van der Waals surface area (Å²) in [6.07, 6.45) is 3.11. The van der Waals surface area contributed by atoms with Crippen LogP contribution in [0.15, 0.2) is 30.3 Å². The molecule has 0 unspecified atom stereocenters. The van der Waals surface area contributed by atoms with E-state index >= 15 is 0 Å². The van der Waals surface area contributed by atoms with E-state index in [9.17, 15) is 4.79 Å². The van der Waals surface area contributed by atoms with Crippen molar-refractivity contribution in [3.05, 3.63) is 35.9 Å². The Morgan fingerprint density at radius 1 is 1.29 bits per heavy atom. The molecule has 0 saturated carbocycles. The average molecular weight is 250 g/mol. The molecule has 0 radical (unpaired) electrons. The Hall–Kier alpha value is -1.55. The van der Waals surface area contributed by atoms with Crippen LogP contribution in [0.2, 0.25) is 19.6 Å². The van der Waals surface area contributed by atoms with Crippen molar-refractivity contribution in [1.82, 2.24) is 0 Å². The van der Waals surface area contributed by atoms with Crippen molar-refractivity contribution in [3.63, 3.8) is 0 Å². The Bertz CT molecular complexity index is 419. The molecular weight excluding hydrogens is 232 g/mol. The van der Waals surface area contributed by atoms with Crippen molar-refractivity contribution >= 4 is 20.4 Å². The van der Waals surface area contributed by atoms with Crippen LogP contribution in [0, 0.1) is 0 Å². The van der Waals surface area contributed by atoms with E-state index in [0.29, 0.717) is 0 Å². The quantitative estimate of drug-likeness (QED) is 0.468. The minimum atomic E-state index is -1.59. The van der Waals surface area contributed by atoms with Gasteiger partial charge in [-0.05, 0) is 43.4 Å². The molecule has 0 aliphatic rings. The largest absolute Gasteiger partial charge is 0.544 e. The summed E-state index contributed by atoms with van der Waals surface area (Å²) in [6, 6.07) is 7.66. The van der Waals surface area contributed by atoms with Gasteiger partial charge in [0.25, 0.3) is 0 Å². The average Bonchev–Trinajstić information content (AvgIpc) is 2.24. The maximum absolute atomic E-state index is 11.0. The van der Waals surface area contributed by atoms with Crippen LogP contribution in [0.4, 0.5) is 0 Å². The smallest absolute Gasteiger partial charge is 0.330 e. The Kier molecular flexibility index (Phi) is 4.51. The van der Waals surface area contributed by atoms with Gasteiger partial charge in [-0.3, -0.25) is 0 Å². The SMILES string of the molecule is COC(=O)/C=C/c1cccc(O[Si](C)(C)C)c1. The first-order valence-corrected chi connectivity index (χ1v) is 8.87. The molecule has 1 rings (SSSR count). The Morgan fingerprint density at radius 2 is 2.00 bits per heavy atom. The Labute approximate surface area is 103 Å². The highest BCUT2D eigenvalue weighted by Crippen LogP contribution is 2.18. The number of benzene rings is 1. The number of methoxy groups -OCH3 is 1. The van der Waals surface area contributed by atoms with Gasteiger partial charge < -0.3 is 9.16 Å². The molecule has 0 aliphatic heterocycles. The first-order chi connectivity index (χ1) is 7.90. The lowest BCUT2D eigenvalue weighted by atomic mass is 10.2. The summed E-state index contributed by atoms with van der Waals surface area (Å²) in [7, 11) is -0.230. The first-order valence-electron chi connectivity index (χ1n) is 5.46. The molecule has 0 bridgehead atoms. The number of esters is 1. The second-order valence-electron chi connectivity index (χ2n) is 4.64. The number of rotatable bonds is 4. The van der Waals surface area contributed by atoms with Gasteiger partial charge in [-0.25, -0.2) is 4.79 Å². The zero-order chi connectivity index (χ0) is 12.9. The number of carbonyl (C=O) groups is 1. The van der Waals surface area contributed by atoms with Gasteiger partial charge in [-0.15, -0.1) is 0 Å². The molecule has 0 fully saturated rings. The zero-order valence-corrected chi connectivity index (χ0v) is 11.7. The van der Waals surface area contributed by atoms with Crippen LogP contribution in [0.25, 0.3) is 6.08 Å². The fourth-order valence-electron chi connectivity index (χ4n) is 1.27. The standard InChI is InChI=1S/C13H18O3Si/c1-15-13(14)9-8-11-6-5-7-12(10-11)16-17(2,3)4/h5-10H,1-4H3/b9-8+. The predicted molar refractivity (Wildman–Crippen MR) is 71.5 cm³/mol. The van der Waals surface area contributed by atoms with Crippen LogP contribution in [-0.2, 0) is 9.53 Å². The van der Waals surface area contributed by atoms with Gasteiger partial charge >= 0.3 is 5.97 Å². The summed E-state index contributed by atoms with van der Waals surface area (Å²) in [5, 5.41) is 0. The molecular formula is C13H18O3Si. The molecule has 0 aliphatic carbocycles. The molecule has 0 amide bonds. The van der Waals surface area contributed by atoms with E-state index in [2.05, 4.69) is 24.4 Å². The van der Waals surface area contributed by atoms with Crippen molar-refractivity contribution < 1.29 is 14.0 Å². The fraction of sp³-hybridized carbons (Fsp3) is 0.308. The van der Waals surface area contributed by atoms with Gasteiger partial charge in [0.2, 0.25) is 8.32 Å². The molecule has 0 spiro atoms. The first kappa shape index (κ1) is 13.5. The number of carbonyl (C=O) groups excluding carboxylic acids is 1. The molecule has 0 aromatic heterocycles. The molecule has 1 aromatic rings. The van der Waals surface area contributed by atoms with Crippen LogP contribution in [0.1, 0.15) is 5.56 Å². The van der Waals surface area contributed by atoms with Crippen molar-refractivity contribution in [2.75, 3.05) is 7.11 Å². The maximum atomic E-state index is 11.0. The molecule has 3 nitrogen and oxygen atoms in total. The number of ether oxygens (including phenoxy) is 1. The maximum Gasteiger partial charge on any atom is 0.330 e. The summed E-state index contributed by atoms with van der Waals surface area (Å²) in [5.41, 5.74) is 0.922. The van der Waals surface area contributed by atoms with Gasteiger partial charge in [0, 0.05) is 6.08 Å². The lowest BCUT2D eigenvalue weighted by molar-refractivity contribution is -0.134. The molecule has 0 saturated heterocycles. The second kappa shape index (κ2) is 5.68. The fourth-order valence-corrected chi connectivity index (χ4v) is 2.10. The highest BCUT2D eigenvalue weighted by Gasteiger charge is 2.15. The number of hydrogen-bond acceptors (Lipinski definition) is 3. The topological polar surface area (TPSA) is 35.5 Å². The van der Waals surface area contributed by atoms with Crippen molar-refractivity contribution in [2.45, 2.75) is 19.6 Å². The molecule has 92 valence electrons. The van der Waals surface area contributed by atoms with E-state index in [0.717, 1.165) is 11.3 Å². The molecule has 1 aromatic carbocycles. The Balaban J connectivity index is 2.79. The molecule has 4 heteroatoms. The van der Waals surface area contributed by atoms with Gasteiger partial charge in [-0.1, -0.05) is 12.1 Å². The summed E-state index contributed by atoms with van der Waals surface area (Å²) in [6.45, 7) is 6.39. The predicted octanol–water partition coefficient (Wildman–Crippen LogP) is 3.09. The Morgan fingerprint density at radius 3 is 2.59 bits per heavy atom. The van der Waals surface area contributed by atoms with E-state index in [1.807, 2.05) is 24.3 Å². The summed E-state index contributed by atoms with van der Waals surface area (Å²) >= 11 is 0.